The van der Waals surface area contributed by atoms with Gasteiger partial charge in [-0.25, -0.2) is 8.78 Å². The molecule has 0 spiro atoms. The van der Waals surface area contributed by atoms with E-state index in [2.05, 4.69) is 47.0 Å². The van der Waals surface area contributed by atoms with Gasteiger partial charge in [0.25, 0.3) is 0 Å². The highest BCUT2D eigenvalue weighted by Crippen LogP contribution is 2.38. The summed E-state index contributed by atoms with van der Waals surface area (Å²) in [6.45, 7) is 4.10. The standard InChI is InChI=1S/C27H30F2N2O/c1-18(32)31-15-12-19-4-2-3-5-23(19)20-6-8-21(9-7-20)25-17-30-14-13-24(25)22-10-11-26(28)27(29)16-22/h2-11,16,18,24-25,30-32H,12-15,17H2,1H3/t18?,24-,25-/m1/s1. The lowest BCUT2D eigenvalue weighted by molar-refractivity contribution is 0.157. The molecule has 0 amide bonds. The third kappa shape index (κ3) is 5.23. The Morgan fingerprint density at radius 3 is 2.47 bits per heavy atom. The Morgan fingerprint density at radius 1 is 0.969 bits per heavy atom. The van der Waals surface area contributed by atoms with Crippen molar-refractivity contribution in [3.8, 4) is 11.1 Å². The number of aliphatic hydroxyl groups is 1. The van der Waals surface area contributed by atoms with Crippen molar-refractivity contribution in [1.29, 1.82) is 0 Å². The van der Waals surface area contributed by atoms with Crippen LogP contribution in [0.5, 0.6) is 0 Å². The van der Waals surface area contributed by atoms with Gasteiger partial charge in [0.1, 0.15) is 6.23 Å². The van der Waals surface area contributed by atoms with E-state index in [1.807, 2.05) is 12.1 Å². The monoisotopic (exact) mass is 436 g/mol. The Kier molecular flexibility index (Phi) is 7.30. The van der Waals surface area contributed by atoms with Gasteiger partial charge in [-0.05, 0) is 72.2 Å². The number of benzene rings is 3. The summed E-state index contributed by atoms with van der Waals surface area (Å²) in [6, 6.07) is 21.2. The average molecular weight is 437 g/mol. The van der Waals surface area contributed by atoms with Crippen molar-refractivity contribution in [1.82, 2.24) is 10.6 Å². The highest BCUT2D eigenvalue weighted by atomic mass is 19.2. The molecule has 168 valence electrons. The molecule has 4 rings (SSSR count). The van der Waals surface area contributed by atoms with Crippen LogP contribution in [0.25, 0.3) is 11.1 Å². The molecule has 1 aliphatic rings. The summed E-state index contributed by atoms with van der Waals surface area (Å²) in [5, 5.41) is 16.0. The first kappa shape index (κ1) is 22.6. The van der Waals surface area contributed by atoms with E-state index in [0.717, 1.165) is 37.1 Å². The molecule has 0 radical (unpaired) electrons. The SMILES string of the molecule is CC(O)NCCc1ccccc1-c1ccc([C@H]2CNCC[C@@H]2c2ccc(F)c(F)c2)cc1. The van der Waals surface area contributed by atoms with Crippen molar-refractivity contribution in [3.63, 3.8) is 0 Å². The molecule has 1 heterocycles. The third-order valence-electron chi connectivity index (χ3n) is 6.36. The summed E-state index contributed by atoms with van der Waals surface area (Å²) >= 11 is 0. The summed E-state index contributed by atoms with van der Waals surface area (Å²) in [6.07, 6.45) is 1.19. The van der Waals surface area contributed by atoms with Crippen LogP contribution in [-0.2, 0) is 6.42 Å². The molecule has 0 saturated carbocycles. The second-order valence-corrected chi connectivity index (χ2v) is 8.54. The first-order valence-corrected chi connectivity index (χ1v) is 11.3. The number of hydrogen-bond acceptors (Lipinski definition) is 3. The molecule has 3 atom stereocenters. The fourth-order valence-corrected chi connectivity index (χ4v) is 4.70. The van der Waals surface area contributed by atoms with Gasteiger partial charge in [-0.2, -0.15) is 0 Å². The molecular weight excluding hydrogens is 406 g/mol. The van der Waals surface area contributed by atoms with Crippen LogP contribution < -0.4 is 10.6 Å². The Morgan fingerprint density at radius 2 is 1.72 bits per heavy atom. The van der Waals surface area contributed by atoms with Crippen molar-refractivity contribution in [2.24, 2.45) is 0 Å². The predicted octanol–water partition coefficient (Wildman–Crippen LogP) is 4.96. The van der Waals surface area contributed by atoms with Crippen LogP contribution in [-0.4, -0.2) is 31.0 Å². The summed E-state index contributed by atoms with van der Waals surface area (Å²) in [5.74, 6) is -1.23. The molecule has 0 bridgehead atoms. The zero-order valence-corrected chi connectivity index (χ0v) is 18.3. The molecule has 3 aromatic rings. The van der Waals surface area contributed by atoms with Gasteiger partial charge in [-0.3, -0.25) is 5.32 Å². The lowest BCUT2D eigenvalue weighted by Crippen LogP contribution is -2.34. The summed E-state index contributed by atoms with van der Waals surface area (Å²) in [4.78, 5) is 0. The Bertz CT molecular complexity index is 1040. The highest BCUT2D eigenvalue weighted by molar-refractivity contribution is 5.67. The van der Waals surface area contributed by atoms with Crippen LogP contribution in [0.3, 0.4) is 0 Å². The van der Waals surface area contributed by atoms with Gasteiger partial charge in [0.2, 0.25) is 0 Å². The van der Waals surface area contributed by atoms with E-state index in [9.17, 15) is 13.9 Å². The molecule has 1 aliphatic heterocycles. The van der Waals surface area contributed by atoms with Gasteiger partial charge in [0.15, 0.2) is 11.6 Å². The topological polar surface area (TPSA) is 44.3 Å². The zero-order chi connectivity index (χ0) is 22.5. The first-order valence-electron chi connectivity index (χ1n) is 11.3. The van der Waals surface area contributed by atoms with Crippen LogP contribution >= 0.6 is 0 Å². The van der Waals surface area contributed by atoms with Crippen molar-refractivity contribution >= 4 is 0 Å². The Balaban J connectivity index is 1.56. The summed E-state index contributed by atoms with van der Waals surface area (Å²) in [7, 11) is 0. The van der Waals surface area contributed by atoms with E-state index >= 15 is 0 Å². The normalized spacial score (nSPS) is 19.6. The quantitative estimate of drug-likeness (QED) is 0.459. The van der Waals surface area contributed by atoms with Crippen LogP contribution in [0.4, 0.5) is 8.78 Å². The minimum Gasteiger partial charge on any atom is -0.379 e. The molecule has 0 aromatic heterocycles. The molecule has 3 aromatic carbocycles. The van der Waals surface area contributed by atoms with Gasteiger partial charge in [-0.15, -0.1) is 0 Å². The molecule has 1 saturated heterocycles. The third-order valence-corrected chi connectivity index (χ3v) is 6.36. The van der Waals surface area contributed by atoms with E-state index < -0.39 is 17.9 Å². The molecule has 1 unspecified atom stereocenters. The summed E-state index contributed by atoms with van der Waals surface area (Å²) in [5.41, 5.74) is 5.62. The maximum atomic E-state index is 13.9. The largest absolute Gasteiger partial charge is 0.379 e. The van der Waals surface area contributed by atoms with Gasteiger partial charge in [0.05, 0.1) is 0 Å². The van der Waals surface area contributed by atoms with Gasteiger partial charge in [-0.1, -0.05) is 54.6 Å². The fraction of sp³-hybridized carbons (Fsp3) is 0.333. The van der Waals surface area contributed by atoms with Crippen LogP contribution in [0.15, 0.2) is 66.7 Å². The van der Waals surface area contributed by atoms with Gasteiger partial charge >= 0.3 is 0 Å². The predicted molar refractivity (Wildman–Crippen MR) is 125 cm³/mol. The number of nitrogens with one attached hydrogen (secondary N) is 2. The number of aliphatic hydroxyl groups excluding tert-OH is 1. The van der Waals surface area contributed by atoms with E-state index in [4.69, 9.17) is 0 Å². The van der Waals surface area contributed by atoms with E-state index in [-0.39, 0.29) is 11.8 Å². The Labute approximate surface area is 188 Å². The smallest absolute Gasteiger partial charge is 0.159 e. The second-order valence-electron chi connectivity index (χ2n) is 8.54. The molecular formula is C27H30F2N2O. The average Bonchev–Trinajstić information content (AvgIpc) is 2.81. The van der Waals surface area contributed by atoms with Gasteiger partial charge in [0, 0.05) is 19.0 Å². The minimum absolute atomic E-state index is 0.149. The van der Waals surface area contributed by atoms with E-state index in [0.29, 0.717) is 6.54 Å². The highest BCUT2D eigenvalue weighted by Gasteiger charge is 2.28. The number of rotatable bonds is 7. The van der Waals surface area contributed by atoms with Gasteiger partial charge < -0.3 is 10.4 Å². The number of halogens is 2. The fourth-order valence-electron chi connectivity index (χ4n) is 4.70. The lowest BCUT2D eigenvalue weighted by Gasteiger charge is -2.33. The summed E-state index contributed by atoms with van der Waals surface area (Å²) < 4.78 is 27.3. The second kappa shape index (κ2) is 10.3. The molecule has 32 heavy (non-hydrogen) atoms. The minimum atomic E-state index is -0.800. The maximum Gasteiger partial charge on any atom is 0.159 e. The van der Waals surface area contributed by atoms with Crippen molar-refractivity contribution < 1.29 is 13.9 Å². The lowest BCUT2D eigenvalue weighted by atomic mass is 9.77. The van der Waals surface area contributed by atoms with Crippen molar-refractivity contribution in [2.45, 2.75) is 37.8 Å². The van der Waals surface area contributed by atoms with Crippen molar-refractivity contribution in [2.75, 3.05) is 19.6 Å². The number of hydrogen-bond donors (Lipinski definition) is 3. The molecule has 0 aliphatic carbocycles. The molecule has 3 nitrogen and oxygen atoms in total. The van der Waals surface area contributed by atoms with Crippen LogP contribution in [0.1, 0.15) is 41.9 Å². The van der Waals surface area contributed by atoms with Crippen LogP contribution in [0.2, 0.25) is 0 Å². The van der Waals surface area contributed by atoms with E-state index in [1.165, 1.54) is 28.8 Å². The van der Waals surface area contributed by atoms with Crippen molar-refractivity contribution in [3.05, 3.63) is 95.1 Å². The van der Waals surface area contributed by atoms with Crippen LogP contribution in [0, 0.1) is 11.6 Å². The van der Waals surface area contributed by atoms with E-state index in [1.54, 1.807) is 13.0 Å². The maximum absolute atomic E-state index is 13.9. The first-order chi connectivity index (χ1) is 15.5. The zero-order valence-electron chi connectivity index (χ0n) is 18.3. The number of piperidine rings is 1. The Hall–Kier alpha value is -2.60. The molecule has 1 fully saturated rings. The molecule has 5 heteroatoms. The molecule has 3 N–H and O–H groups in total.